The van der Waals surface area contributed by atoms with Crippen LogP contribution in [0.25, 0.3) is 22.2 Å². The number of ether oxygens (including phenoxy) is 2. The molecular formula is C49H65N5O8S. The summed E-state index contributed by atoms with van der Waals surface area (Å²) in [6.07, 6.45) is 12.9. The van der Waals surface area contributed by atoms with Gasteiger partial charge in [-0.15, -0.1) is 6.58 Å². The molecule has 13 nitrogen and oxygen atoms in total. The minimum atomic E-state index is -3.95. The molecule has 2 aliphatic heterocycles. The second-order valence-corrected chi connectivity index (χ2v) is 19.5. The van der Waals surface area contributed by atoms with Gasteiger partial charge >= 0.3 is 0 Å². The summed E-state index contributed by atoms with van der Waals surface area (Å²) in [5, 5.41) is 2.91. The summed E-state index contributed by atoms with van der Waals surface area (Å²) in [6.45, 7) is 11.9. The number of amides is 4. The minimum absolute atomic E-state index is 0.0188. The van der Waals surface area contributed by atoms with E-state index in [0.717, 1.165) is 50.5 Å². The first-order chi connectivity index (χ1) is 30.2. The van der Waals surface area contributed by atoms with Gasteiger partial charge in [0, 0.05) is 59.8 Å². The Morgan fingerprint density at radius 2 is 1.71 bits per heavy atom. The lowest BCUT2D eigenvalue weighted by Gasteiger charge is -2.39. The van der Waals surface area contributed by atoms with Gasteiger partial charge in [0.25, 0.3) is 5.91 Å². The number of nitrogens with zero attached hydrogens (tertiary/aromatic N) is 3. The van der Waals surface area contributed by atoms with Crippen LogP contribution in [0.4, 0.5) is 0 Å². The maximum atomic E-state index is 14.7. The van der Waals surface area contributed by atoms with Crippen LogP contribution in [0.3, 0.4) is 0 Å². The zero-order chi connectivity index (χ0) is 45.3. The lowest BCUT2D eigenvalue weighted by molar-refractivity contribution is -0.146. The van der Waals surface area contributed by atoms with Gasteiger partial charge < -0.3 is 24.6 Å². The Kier molecular flexibility index (Phi) is 16.1. The predicted molar refractivity (Wildman–Crippen MR) is 245 cm³/mol. The van der Waals surface area contributed by atoms with Crippen molar-refractivity contribution in [3.63, 3.8) is 0 Å². The van der Waals surface area contributed by atoms with Crippen molar-refractivity contribution in [1.82, 2.24) is 24.8 Å². The number of pyridine rings is 1. The number of carbonyl (C=O) groups excluding carboxylic acids is 4. The third kappa shape index (κ3) is 11.9. The molecule has 1 aliphatic carbocycles. The first-order valence-corrected chi connectivity index (χ1v) is 24.2. The van der Waals surface area contributed by atoms with Gasteiger partial charge in [-0.05, 0) is 77.3 Å². The lowest BCUT2D eigenvalue weighted by Crippen LogP contribution is -2.56. The predicted octanol–water partition coefficient (Wildman–Crippen LogP) is 7.50. The molecule has 1 saturated carbocycles. The largest absolute Gasteiger partial charge is 0.497 e. The third-order valence-electron chi connectivity index (χ3n) is 12.6. The molecule has 3 fully saturated rings. The van der Waals surface area contributed by atoms with Crippen LogP contribution in [0.5, 0.6) is 11.5 Å². The number of hydrogen-bond acceptors (Lipinski definition) is 9. The Hall–Kier alpha value is -5.24. The van der Waals surface area contributed by atoms with E-state index in [4.69, 9.17) is 14.5 Å². The Morgan fingerprint density at radius 3 is 2.38 bits per heavy atom. The molecule has 1 aromatic heterocycles. The van der Waals surface area contributed by atoms with Crippen molar-refractivity contribution < 1.29 is 37.1 Å². The van der Waals surface area contributed by atoms with Crippen molar-refractivity contribution in [1.29, 1.82) is 0 Å². The van der Waals surface area contributed by atoms with E-state index in [1.165, 1.54) is 4.90 Å². The second-order valence-electron chi connectivity index (χ2n) is 17.6. The van der Waals surface area contributed by atoms with Gasteiger partial charge in [0.15, 0.2) is 0 Å². The molecule has 0 radical (unpaired) electrons. The first kappa shape index (κ1) is 47.2. The van der Waals surface area contributed by atoms with Gasteiger partial charge in [0.2, 0.25) is 27.7 Å². The van der Waals surface area contributed by atoms with Crippen LogP contribution in [0.2, 0.25) is 0 Å². The molecule has 6 rings (SSSR count). The fourth-order valence-electron chi connectivity index (χ4n) is 8.90. The summed E-state index contributed by atoms with van der Waals surface area (Å²) >= 11 is 0. The number of hydrogen-bond donors (Lipinski definition) is 2. The minimum Gasteiger partial charge on any atom is -0.497 e. The van der Waals surface area contributed by atoms with E-state index in [2.05, 4.69) is 23.5 Å². The third-order valence-corrected chi connectivity index (χ3v) is 14.5. The maximum Gasteiger partial charge on any atom is 0.256 e. The quantitative estimate of drug-likeness (QED) is 0.0864. The molecule has 7 atom stereocenters. The summed E-state index contributed by atoms with van der Waals surface area (Å²) in [6, 6.07) is 14.7. The summed E-state index contributed by atoms with van der Waals surface area (Å²) in [4.78, 5) is 65.3. The number of benzene rings is 2. The van der Waals surface area contributed by atoms with Gasteiger partial charge in [-0.1, -0.05) is 75.2 Å². The number of allylic oxidation sites excluding steroid dienone is 2. The van der Waals surface area contributed by atoms with Gasteiger partial charge in [0.1, 0.15) is 29.7 Å². The summed E-state index contributed by atoms with van der Waals surface area (Å²) in [7, 11) is -2.37. The van der Waals surface area contributed by atoms with E-state index in [1.54, 1.807) is 20.1 Å². The van der Waals surface area contributed by atoms with Crippen molar-refractivity contribution in [2.75, 3.05) is 13.7 Å². The maximum absolute atomic E-state index is 14.7. The molecule has 2 aromatic carbocycles. The number of nitrogens with one attached hydrogen (secondary N) is 2. The molecule has 4 amide bonds. The highest BCUT2D eigenvalue weighted by molar-refractivity contribution is 7.90. The second kappa shape index (κ2) is 21.4. The fraction of sp³-hybridized carbons (Fsp3) is 0.531. The average Bonchev–Trinajstić information content (AvgIpc) is 4.06. The molecule has 3 heterocycles. The van der Waals surface area contributed by atoms with E-state index in [-0.39, 0.29) is 37.4 Å². The van der Waals surface area contributed by atoms with E-state index in [1.807, 2.05) is 85.5 Å². The summed E-state index contributed by atoms with van der Waals surface area (Å²) in [5.74, 6) is -2.32. The Labute approximate surface area is 373 Å². The van der Waals surface area contributed by atoms with Crippen LogP contribution in [-0.2, 0) is 29.2 Å². The summed E-state index contributed by atoms with van der Waals surface area (Å²) < 4.78 is 40.6. The molecule has 340 valence electrons. The Balaban J connectivity index is 1.31. The summed E-state index contributed by atoms with van der Waals surface area (Å²) in [5.41, 5.74) is 2.15. The van der Waals surface area contributed by atoms with Crippen molar-refractivity contribution in [2.24, 2.45) is 11.8 Å². The van der Waals surface area contributed by atoms with Crippen LogP contribution < -0.4 is 19.5 Å². The van der Waals surface area contributed by atoms with E-state index in [0.29, 0.717) is 47.4 Å². The van der Waals surface area contributed by atoms with Gasteiger partial charge in [-0.3, -0.25) is 23.9 Å². The van der Waals surface area contributed by atoms with Gasteiger partial charge in [-0.2, -0.15) is 0 Å². The zero-order valence-electron chi connectivity index (χ0n) is 37.5. The standard InChI is InChI=1S/C49H65N5O8S/c1-7-9-10-11-12-14-20-35(8-2)46(48(57)52-63(59,60)39-24-25-39)51-47(56)43-29-38(31-53(43)49(58)32(3)27-45(55)54-33(4)18-17-19-34(54)5)62-44-30-41(36-21-15-13-16-22-36)50-42-28-37(61-6)23-26-40(42)44/h8,12-16,21-23,26,28,30,32-35,38-39,43,46H,2,7,9-11,17-20,24-25,27,29,31H2,1,3-6H3,(H,51,56)(H,52,57)/b14-12-/t32-,33-,34+,35+,38?,43+,46-/m1/s1. The molecule has 1 unspecified atom stereocenters. The first-order valence-electron chi connectivity index (χ1n) is 22.7. The number of likely N-dealkylation sites (tertiary alicyclic amines) is 2. The van der Waals surface area contributed by atoms with Crippen molar-refractivity contribution in [2.45, 2.75) is 140 Å². The van der Waals surface area contributed by atoms with E-state index in [9.17, 15) is 27.6 Å². The highest BCUT2D eigenvalue weighted by Crippen LogP contribution is 2.35. The number of unbranched alkanes of at least 4 members (excludes halogenated alkanes) is 3. The molecule has 14 heteroatoms. The molecule has 2 saturated heterocycles. The van der Waals surface area contributed by atoms with Gasteiger partial charge in [-0.25, -0.2) is 13.4 Å². The topological polar surface area (TPSA) is 164 Å². The molecule has 3 aromatic rings. The van der Waals surface area contributed by atoms with Crippen molar-refractivity contribution >= 4 is 44.6 Å². The number of rotatable bonds is 20. The molecule has 0 spiro atoms. The van der Waals surface area contributed by atoms with E-state index >= 15 is 0 Å². The Morgan fingerprint density at radius 1 is 0.984 bits per heavy atom. The number of carbonyl (C=O) groups is 4. The average molecular weight is 884 g/mol. The van der Waals surface area contributed by atoms with Crippen LogP contribution in [0.1, 0.15) is 105 Å². The number of fused-ring (bicyclic) bond motifs is 1. The van der Waals surface area contributed by atoms with Crippen LogP contribution >= 0.6 is 0 Å². The number of methoxy groups -OCH3 is 1. The molecule has 0 bridgehead atoms. The molecular weight excluding hydrogens is 819 g/mol. The fourth-order valence-corrected chi connectivity index (χ4v) is 10.2. The van der Waals surface area contributed by atoms with E-state index < -0.39 is 63.0 Å². The highest BCUT2D eigenvalue weighted by Gasteiger charge is 2.45. The number of aromatic nitrogens is 1. The monoisotopic (exact) mass is 883 g/mol. The van der Waals surface area contributed by atoms with Crippen LogP contribution in [-0.4, -0.2) is 96.0 Å². The molecule has 2 N–H and O–H groups in total. The number of sulfonamides is 1. The smallest absolute Gasteiger partial charge is 0.256 e. The molecule has 63 heavy (non-hydrogen) atoms. The normalized spacial score (nSPS) is 21.7. The lowest BCUT2D eigenvalue weighted by atomic mass is 9.94. The van der Waals surface area contributed by atoms with Gasteiger partial charge in [0.05, 0.1) is 30.1 Å². The SMILES string of the molecule is C=C[C@@H](C/C=C\CCCCC)[C@@H](NC(=O)[C@@H]1CC(Oc2cc(-c3ccccc3)nc3cc(OC)ccc23)CN1C(=O)[C@H](C)CC(=O)N1[C@H](C)CCC[C@@H]1C)C(=O)NS(=O)(=O)C1CC1. The molecule has 3 aliphatic rings. The van der Waals surface area contributed by atoms with Crippen LogP contribution in [0.15, 0.2) is 79.4 Å². The van der Waals surface area contributed by atoms with Crippen LogP contribution in [0, 0.1) is 11.8 Å². The zero-order valence-corrected chi connectivity index (χ0v) is 38.3. The van der Waals surface area contributed by atoms with Crippen molar-refractivity contribution in [3.05, 3.63) is 79.4 Å². The van der Waals surface area contributed by atoms with Crippen molar-refractivity contribution in [3.8, 4) is 22.8 Å². The Bertz CT molecular complexity index is 2240. The highest BCUT2D eigenvalue weighted by atomic mass is 32.2. The number of piperidine rings is 1.